The third kappa shape index (κ3) is 5.13. The number of benzene rings is 2. The van der Waals surface area contributed by atoms with E-state index in [1.807, 2.05) is 50.4 Å². The van der Waals surface area contributed by atoms with Crippen LogP contribution in [0.2, 0.25) is 0 Å². The molecule has 24 heavy (non-hydrogen) atoms. The predicted octanol–water partition coefficient (Wildman–Crippen LogP) is 3.55. The Labute approximate surface area is 143 Å². The molecule has 0 aliphatic heterocycles. The molecule has 0 N–H and O–H groups in total. The van der Waals surface area contributed by atoms with E-state index in [9.17, 15) is 4.79 Å². The predicted molar refractivity (Wildman–Crippen MR) is 93.6 cm³/mol. The molecular formula is C20H22N2O2. The van der Waals surface area contributed by atoms with Crippen molar-refractivity contribution in [1.29, 1.82) is 5.26 Å². The fourth-order valence-electron chi connectivity index (χ4n) is 2.41. The maximum atomic E-state index is 12.3. The average molecular weight is 322 g/mol. The van der Waals surface area contributed by atoms with Crippen LogP contribution in [0.3, 0.4) is 0 Å². The second kappa shape index (κ2) is 8.73. The fourth-order valence-corrected chi connectivity index (χ4v) is 2.41. The van der Waals surface area contributed by atoms with Gasteiger partial charge in [0.05, 0.1) is 18.2 Å². The van der Waals surface area contributed by atoms with Crippen molar-refractivity contribution in [2.24, 2.45) is 0 Å². The molecule has 0 saturated carbocycles. The van der Waals surface area contributed by atoms with Gasteiger partial charge in [0.1, 0.15) is 5.75 Å². The molecule has 0 fully saturated rings. The molecule has 2 rings (SSSR count). The Morgan fingerprint density at radius 1 is 1.08 bits per heavy atom. The molecule has 0 aliphatic rings. The number of nitrogens with zero attached hydrogens (tertiary/aromatic N) is 2. The van der Waals surface area contributed by atoms with Crippen molar-refractivity contribution in [3.05, 3.63) is 65.2 Å². The minimum atomic E-state index is 0.105. The van der Waals surface area contributed by atoms with Crippen LogP contribution in [0.4, 0.5) is 0 Å². The molecule has 0 aromatic heterocycles. The highest BCUT2D eigenvalue weighted by Gasteiger charge is 2.09. The molecule has 0 saturated heterocycles. The molecule has 0 radical (unpaired) electrons. The molecule has 0 spiro atoms. The molecule has 1 amide bonds. The summed E-state index contributed by atoms with van der Waals surface area (Å²) < 4.78 is 5.42. The Kier molecular flexibility index (Phi) is 6.39. The van der Waals surface area contributed by atoms with Crippen molar-refractivity contribution in [2.75, 3.05) is 13.7 Å². The number of nitriles is 1. The summed E-state index contributed by atoms with van der Waals surface area (Å²) in [5.74, 6) is 0.948. The van der Waals surface area contributed by atoms with Gasteiger partial charge in [-0.1, -0.05) is 24.3 Å². The van der Waals surface area contributed by atoms with Crippen LogP contribution in [0.1, 0.15) is 30.0 Å². The van der Waals surface area contributed by atoms with Crippen molar-refractivity contribution in [3.63, 3.8) is 0 Å². The lowest BCUT2D eigenvalue weighted by Gasteiger charge is -2.17. The van der Waals surface area contributed by atoms with Crippen LogP contribution in [0.25, 0.3) is 0 Å². The van der Waals surface area contributed by atoms with Crippen LogP contribution < -0.4 is 4.74 Å². The lowest BCUT2D eigenvalue weighted by molar-refractivity contribution is -0.130. The topological polar surface area (TPSA) is 53.3 Å². The van der Waals surface area contributed by atoms with Crippen LogP contribution >= 0.6 is 0 Å². The highest BCUT2D eigenvalue weighted by molar-refractivity contribution is 5.76. The monoisotopic (exact) mass is 322 g/mol. The zero-order chi connectivity index (χ0) is 17.4. The zero-order valence-corrected chi connectivity index (χ0v) is 14.2. The minimum Gasteiger partial charge on any atom is -0.494 e. The van der Waals surface area contributed by atoms with E-state index >= 15 is 0 Å². The first-order valence-corrected chi connectivity index (χ1v) is 8.07. The van der Waals surface area contributed by atoms with E-state index < -0.39 is 0 Å². The molecule has 4 nitrogen and oxygen atoms in total. The molecule has 0 aliphatic carbocycles. The van der Waals surface area contributed by atoms with E-state index in [1.165, 1.54) is 0 Å². The third-order valence-electron chi connectivity index (χ3n) is 3.79. The standard InChI is InChI=1S/C20H22N2O2/c1-3-24-19-11-8-18(9-12-19)15-22(2)20(23)13-10-16-4-6-17(14-21)7-5-16/h4-9,11-12H,3,10,13,15H2,1-2H3. The number of amides is 1. The number of rotatable bonds is 7. The van der Waals surface area contributed by atoms with Gasteiger partial charge in [-0.25, -0.2) is 0 Å². The maximum absolute atomic E-state index is 12.3. The molecule has 0 atom stereocenters. The molecule has 0 heterocycles. The quantitative estimate of drug-likeness (QED) is 0.783. The molecule has 0 unspecified atom stereocenters. The van der Waals surface area contributed by atoms with Crippen LogP contribution in [-0.4, -0.2) is 24.5 Å². The van der Waals surface area contributed by atoms with Gasteiger partial charge < -0.3 is 9.64 Å². The normalized spacial score (nSPS) is 10.0. The Morgan fingerprint density at radius 3 is 2.29 bits per heavy atom. The van der Waals surface area contributed by atoms with Crippen molar-refractivity contribution in [2.45, 2.75) is 26.3 Å². The van der Waals surface area contributed by atoms with Gasteiger partial charge in [-0.3, -0.25) is 4.79 Å². The Hall–Kier alpha value is -2.80. The Balaban J connectivity index is 1.83. The van der Waals surface area contributed by atoms with Crippen molar-refractivity contribution in [3.8, 4) is 11.8 Å². The van der Waals surface area contributed by atoms with Crippen molar-refractivity contribution >= 4 is 5.91 Å². The van der Waals surface area contributed by atoms with Gasteiger partial charge in [0.25, 0.3) is 0 Å². The van der Waals surface area contributed by atoms with Gasteiger partial charge in [0, 0.05) is 20.0 Å². The second-order valence-corrected chi connectivity index (χ2v) is 5.64. The van der Waals surface area contributed by atoms with Crippen LogP contribution in [0.5, 0.6) is 5.75 Å². The third-order valence-corrected chi connectivity index (χ3v) is 3.79. The van der Waals surface area contributed by atoms with E-state index in [4.69, 9.17) is 10.00 Å². The molecule has 4 heteroatoms. The first kappa shape index (κ1) is 17.6. The highest BCUT2D eigenvalue weighted by atomic mass is 16.5. The van der Waals surface area contributed by atoms with E-state index in [1.54, 1.807) is 17.0 Å². The lowest BCUT2D eigenvalue weighted by atomic mass is 10.1. The minimum absolute atomic E-state index is 0.105. The van der Waals surface area contributed by atoms with Crippen LogP contribution in [0.15, 0.2) is 48.5 Å². The molecular weight excluding hydrogens is 300 g/mol. The largest absolute Gasteiger partial charge is 0.494 e. The van der Waals surface area contributed by atoms with E-state index in [-0.39, 0.29) is 5.91 Å². The average Bonchev–Trinajstić information content (AvgIpc) is 2.62. The molecule has 0 bridgehead atoms. The number of carbonyl (C=O) groups is 1. The summed E-state index contributed by atoms with van der Waals surface area (Å²) in [5.41, 5.74) is 2.78. The highest BCUT2D eigenvalue weighted by Crippen LogP contribution is 2.14. The summed E-state index contributed by atoms with van der Waals surface area (Å²) >= 11 is 0. The smallest absolute Gasteiger partial charge is 0.222 e. The van der Waals surface area contributed by atoms with Gasteiger partial charge in [-0.2, -0.15) is 5.26 Å². The Morgan fingerprint density at radius 2 is 1.71 bits per heavy atom. The van der Waals surface area contributed by atoms with Gasteiger partial charge in [-0.05, 0) is 48.7 Å². The SMILES string of the molecule is CCOc1ccc(CN(C)C(=O)CCc2ccc(C#N)cc2)cc1. The number of carbonyl (C=O) groups excluding carboxylic acids is 1. The van der Waals surface area contributed by atoms with E-state index in [0.717, 1.165) is 16.9 Å². The number of hydrogen-bond acceptors (Lipinski definition) is 3. The second-order valence-electron chi connectivity index (χ2n) is 5.64. The van der Waals surface area contributed by atoms with Gasteiger partial charge in [0.15, 0.2) is 0 Å². The first-order valence-electron chi connectivity index (χ1n) is 8.07. The van der Waals surface area contributed by atoms with Crippen molar-refractivity contribution in [1.82, 2.24) is 4.90 Å². The van der Waals surface area contributed by atoms with Crippen molar-refractivity contribution < 1.29 is 9.53 Å². The van der Waals surface area contributed by atoms with Gasteiger partial charge >= 0.3 is 0 Å². The summed E-state index contributed by atoms with van der Waals surface area (Å²) in [6.07, 6.45) is 1.14. The molecule has 2 aromatic carbocycles. The molecule has 124 valence electrons. The van der Waals surface area contributed by atoms with E-state index in [2.05, 4.69) is 6.07 Å². The van der Waals surface area contributed by atoms with Gasteiger partial charge in [0.2, 0.25) is 5.91 Å². The van der Waals surface area contributed by atoms with Gasteiger partial charge in [-0.15, -0.1) is 0 Å². The lowest BCUT2D eigenvalue weighted by Crippen LogP contribution is -2.26. The fraction of sp³-hybridized carbons (Fsp3) is 0.300. The van der Waals surface area contributed by atoms with Crippen LogP contribution in [-0.2, 0) is 17.8 Å². The number of ether oxygens (including phenoxy) is 1. The summed E-state index contributed by atoms with van der Waals surface area (Å²) in [4.78, 5) is 14.0. The summed E-state index contributed by atoms with van der Waals surface area (Å²) in [6, 6.07) is 17.3. The Bertz CT molecular complexity index is 700. The zero-order valence-electron chi connectivity index (χ0n) is 14.2. The number of aryl methyl sites for hydroxylation is 1. The summed E-state index contributed by atoms with van der Waals surface area (Å²) in [6.45, 7) is 3.18. The number of hydrogen-bond donors (Lipinski definition) is 0. The summed E-state index contributed by atoms with van der Waals surface area (Å²) in [7, 11) is 1.82. The maximum Gasteiger partial charge on any atom is 0.222 e. The summed E-state index contributed by atoms with van der Waals surface area (Å²) in [5, 5.41) is 8.79. The molecule has 2 aromatic rings. The van der Waals surface area contributed by atoms with Crippen LogP contribution in [0, 0.1) is 11.3 Å². The first-order chi connectivity index (χ1) is 11.6. The van der Waals surface area contributed by atoms with E-state index in [0.29, 0.717) is 31.6 Å².